The molecule has 2 N–H and O–H groups in total. The van der Waals surface area contributed by atoms with Gasteiger partial charge in [0, 0.05) is 32.8 Å². The number of para-hydroxylation sites is 1. The SMILES string of the molecule is CN=C(NCCOCCOC)NCc1ccccc1OCC1CC1. The minimum absolute atomic E-state index is 0.607. The molecule has 1 saturated carbocycles. The predicted octanol–water partition coefficient (Wildman–Crippen LogP) is 1.80. The number of hydrogen-bond donors (Lipinski definition) is 2. The van der Waals surface area contributed by atoms with Crippen molar-refractivity contribution in [2.75, 3.05) is 47.1 Å². The second-order valence-electron chi connectivity index (χ2n) is 5.82. The van der Waals surface area contributed by atoms with Gasteiger partial charge in [-0.25, -0.2) is 0 Å². The van der Waals surface area contributed by atoms with Gasteiger partial charge in [-0.2, -0.15) is 0 Å². The maximum Gasteiger partial charge on any atom is 0.191 e. The van der Waals surface area contributed by atoms with Crippen molar-refractivity contribution in [3.63, 3.8) is 0 Å². The Morgan fingerprint density at radius 2 is 2.00 bits per heavy atom. The number of nitrogens with zero attached hydrogens (tertiary/aromatic N) is 1. The van der Waals surface area contributed by atoms with Crippen molar-refractivity contribution in [2.24, 2.45) is 10.9 Å². The molecule has 0 bridgehead atoms. The van der Waals surface area contributed by atoms with Crippen LogP contribution in [-0.2, 0) is 16.0 Å². The lowest BCUT2D eigenvalue weighted by Crippen LogP contribution is -2.38. The summed E-state index contributed by atoms with van der Waals surface area (Å²) in [6.45, 7) is 4.03. The van der Waals surface area contributed by atoms with Crippen molar-refractivity contribution in [1.82, 2.24) is 10.6 Å². The van der Waals surface area contributed by atoms with Crippen LogP contribution in [0.4, 0.5) is 0 Å². The highest BCUT2D eigenvalue weighted by atomic mass is 16.5. The van der Waals surface area contributed by atoms with Crippen molar-refractivity contribution < 1.29 is 14.2 Å². The second kappa shape index (κ2) is 10.9. The topological polar surface area (TPSA) is 64.1 Å². The summed E-state index contributed by atoms with van der Waals surface area (Å²) in [6.07, 6.45) is 2.59. The lowest BCUT2D eigenvalue weighted by atomic mass is 10.2. The van der Waals surface area contributed by atoms with Gasteiger partial charge in [-0.15, -0.1) is 0 Å². The maximum atomic E-state index is 5.93. The van der Waals surface area contributed by atoms with E-state index in [0.717, 1.165) is 29.8 Å². The number of benzene rings is 1. The molecule has 0 aromatic heterocycles. The van der Waals surface area contributed by atoms with Crippen LogP contribution in [0.5, 0.6) is 5.75 Å². The van der Waals surface area contributed by atoms with Crippen LogP contribution >= 0.6 is 0 Å². The molecule has 0 radical (unpaired) electrons. The van der Waals surface area contributed by atoms with E-state index in [4.69, 9.17) is 14.2 Å². The molecule has 0 atom stereocenters. The van der Waals surface area contributed by atoms with Crippen LogP contribution in [0.15, 0.2) is 29.3 Å². The lowest BCUT2D eigenvalue weighted by molar-refractivity contribution is 0.0733. The minimum atomic E-state index is 0.607. The summed E-state index contributed by atoms with van der Waals surface area (Å²) in [6, 6.07) is 8.15. The summed E-state index contributed by atoms with van der Waals surface area (Å²) >= 11 is 0. The van der Waals surface area contributed by atoms with E-state index in [9.17, 15) is 0 Å². The van der Waals surface area contributed by atoms with E-state index < -0.39 is 0 Å². The van der Waals surface area contributed by atoms with Gasteiger partial charge < -0.3 is 24.8 Å². The number of guanidine groups is 1. The molecule has 6 heteroatoms. The minimum Gasteiger partial charge on any atom is -0.493 e. The first kappa shape index (κ1) is 18.5. The normalized spacial score (nSPS) is 14.5. The third-order valence-electron chi connectivity index (χ3n) is 3.78. The highest BCUT2D eigenvalue weighted by Gasteiger charge is 2.22. The Kier molecular flexibility index (Phi) is 8.41. The van der Waals surface area contributed by atoms with Crippen LogP contribution in [-0.4, -0.2) is 53.1 Å². The van der Waals surface area contributed by atoms with E-state index in [1.165, 1.54) is 12.8 Å². The van der Waals surface area contributed by atoms with Crippen molar-refractivity contribution in [2.45, 2.75) is 19.4 Å². The van der Waals surface area contributed by atoms with Crippen molar-refractivity contribution >= 4 is 5.96 Å². The number of nitrogens with one attached hydrogen (secondary N) is 2. The quantitative estimate of drug-likeness (QED) is 0.367. The third-order valence-corrected chi connectivity index (χ3v) is 3.78. The molecule has 1 aromatic carbocycles. The van der Waals surface area contributed by atoms with Crippen LogP contribution in [0.2, 0.25) is 0 Å². The fraction of sp³-hybridized carbons (Fsp3) is 0.611. The van der Waals surface area contributed by atoms with Crippen LogP contribution in [0.25, 0.3) is 0 Å². The molecule has 134 valence electrons. The molecule has 6 nitrogen and oxygen atoms in total. The molecule has 1 fully saturated rings. The van der Waals surface area contributed by atoms with Crippen LogP contribution < -0.4 is 15.4 Å². The van der Waals surface area contributed by atoms with Crippen LogP contribution in [0, 0.1) is 5.92 Å². The van der Waals surface area contributed by atoms with E-state index >= 15 is 0 Å². The van der Waals surface area contributed by atoms with Gasteiger partial charge in [-0.3, -0.25) is 4.99 Å². The second-order valence-corrected chi connectivity index (χ2v) is 5.82. The lowest BCUT2D eigenvalue weighted by Gasteiger charge is -2.15. The Balaban J connectivity index is 1.70. The number of ether oxygens (including phenoxy) is 3. The van der Waals surface area contributed by atoms with Crippen molar-refractivity contribution in [3.8, 4) is 5.75 Å². The molecule has 1 aliphatic rings. The van der Waals surface area contributed by atoms with Gasteiger partial charge in [0.05, 0.1) is 26.4 Å². The number of methoxy groups -OCH3 is 1. The van der Waals surface area contributed by atoms with Gasteiger partial charge in [0.15, 0.2) is 5.96 Å². The highest BCUT2D eigenvalue weighted by molar-refractivity contribution is 5.79. The van der Waals surface area contributed by atoms with Crippen molar-refractivity contribution in [3.05, 3.63) is 29.8 Å². The first-order valence-electron chi connectivity index (χ1n) is 8.55. The smallest absolute Gasteiger partial charge is 0.191 e. The first-order chi connectivity index (χ1) is 11.8. The number of aliphatic imine (C=N–C) groups is 1. The molecular formula is C18H29N3O3. The molecule has 2 rings (SSSR count). The van der Waals surface area contributed by atoms with Gasteiger partial charge in [0.2, 0.25) is 0 Å². The Morgan fingerprint density at radius 1 is 1.17 bits per heavy atom. The van der Waals surface area contributed by atoms with Gasteiger partial charge >= 0.3 is 0 Å². The monoisotopic (exact) mass is 335 g/mol. The fourth-order valence-corrected chi connectivity index (χ4v) is 2.17. The molecular weight excluding hydrogens is 306 g/mol. The molecule has 0 saturated heterocycles. The van der Waals surface area contributed by atoms with Gasteiger partial charge in [0.1, 0.15) is 5.75 Å². The summed E-state index contributed by atoms with van der Waals surface area (Å²) in [5.41, 5.74) is 1.14. The summed E-state index contributed by atoms with van der Waals surface area (Å²) in [5.74, 6) is 2.45. The Morgan fingerprint density at radius 3 is 2.75 bits per heavy atom. The van der Waals surface area contributed by atoms with E-state index in [1.54, 1.807) is 14.2 Å². The van der Waals surface area contributed by atoms with E-state index in [-0.39, 0.29) is 0 Å². The Bertz CT molecular complexity index is 504. The largest absolute Gasteiger partial charge is 0.493 e. The molecule has 0 spiro atoms. The Labute approximate surface area is 144 Å². The van der Waals surface area contributed by atoms with E-state index in [2.05, 4.69) is 21.7 Å². The van der Waals surface area contributed by atoms with Gasteiger partial charge in [-0.1, -0.05) is 18.2 Å². The number of hydrogen-bond acceptors (Lipinski definition) is 4. The molecule has 0 unspecified atom stereocenters. The van der Waals surface area contributed by atoms with Crippen molar-refractivity contribution in [1.29, 1.82) is 0 Å². The summed E-state index contributed by atoms with van der Waals surface area (Å²) in [5, 5.41) is 6.54. The summed E-state index contributed by atoms with van der Waals surface area (Å²) in [7, 11) is 3.43. The average molecular weight is 335 g/mol. The third kappa shape index (κ3) is 7.19. The molecule has 1 aliphatic carbocycles. The Hall–Kier alpha value is -1.79. The zero-order valence-electron chi connectivity index (χ0n) is 14.7. The molecule has 0 amide bonds. The fourth-order valence-electron chi connectivity index (χ4n) is 2.17. The molecule has 24 heavy (non-hydrogen) atoms. The highest BCUT2D eigenvalue weighted by Crippen LogP contribution is 2.30. The van der Waals surface area contributed by atoms with Gasteiger partial charge in [-0.05, 0) is 24.8 Å². The zero-order valence-corrected chi connectivity index (χ0v) is 14.7. The number of rotatable bonds is 11. The summed E-state index contributed by atoms with van der Waals surface area (Å²) < 4.78 is 16.3. The molecule has 1 aromatic rings. The van der Waals surface area contributed by atoms with Gasteiger partial charge in [0.25, 0.3) is 0 Å². The van der Waals surface area contributed by atoms with Crippen LogP contribution in [0.3, 0.4) is 0 Å². The molecule has 0 aliphatic heterocycles. The van der Waals surface area contributed by atoms with E-state index in [0.29, 0.717) is 32.9 Å². The predicted molar refractivity (Wildman–Crippen MR) is 95.6 cm³/mol. The van der Waals surface area contributed by atoms with Crippen LogP contribution in [0.1, 0.15) is 18.4 Å². The zero-order chi connectivity index (χ0) is 17.0. The maximum absolute atomic E-state index is 5.93. The average Bonchev–Trinajstić information content (AvgIpc) is 3.44. The molecule has 0 heterocycles. The standard InChI is InChI=1S/C18H29N3O3/c1-19-18(20-9-10-23-12-11-22-2)21-13-16-5-3-4-6-17(16)24-14-15-7-8-15/h3-6,15H,7-14H2,1-2H3,(H2,19,20,21). The first-order valence-corrected chi connectivity index (χ1v) is 8.55. The summed E-state index contributed by atoms with van der Waals surface area (Å²) in [4.78, 5) is 4.22. The van der Waals surface area contributed by atoms with E-state index in [1.807, 2.05) is 18.2 Å².